The van der Waals surface area contributed by atoms with Crippen molar-refractivity contribution in [3.05, 3.63) is 65.7 Å². The van der Waals surface area contributed by atoms with E-state index in [1.54, 1.807) is 11.8 Å². The van der Waals surface area contributed by atoms with Gasteiger partial charge in [-0.2, -0.15) is 0 Å². The highest BCUT2D eigenvalue weighted by atomic mass is 32.2. The minimum atomic E-state index is -0.467. The molecule has 2 aromatic rings. The molecule has 0 radical (unpaired) electrons. The highest BCUT2D eigenvalue weighted by Crippen LogP contribution is 2.50. The lowest BCUT2D eigenvalue weighted by Crippen LogP contribution is -2.24. The van der Waals surface area contributed by atoms with Gasteiger partial charge in [0.25, 0.3) is 0 Å². The summed E-state index contributed by atoms with van der Waals surface area (Å²) in [5, 5.41) is 0. The van der Waals surface area contributed by atoms with Crippen LogP contribution in [0.1, 0.15) is 22.8 Å². The second-order valence-electron chi connectivity index (χ2n) is 4.33. The molecule has 2 heteroatoms. The maximum absolute atomic E-state index is 12.5. The van der Waals surface area contributed by atoms with Crippen molar-refractivity contribution < 1.29 is 4.79 Å². The number of rotatable bonds is 1. The van der Waals surface area contributed by atoms with Gasteiger partial charge >= 0.3 is 0 Å². The molecular weight excluding hydrogens is 228 g/mol. The summed E-state index contributed by atoms with van der Waals surface area (Å²) in [6.45, 7) is 2.01. The Balaban J connectivity index is 2.12. The minimum absolute atomic E-state index is 0.212. The maximum Gasteiger partial charge on any atom is 0.184 e. The van der Waals surface area contributed by atoms with Crippen LogP contribution in [0.2, 0.25) is 0 Å². The summed E-state index contributed by atoms with van der Waals surface area (Å²) < 4.78 is -0.467. The van der Waals surface area contributed by atoms with Crippen LogP contribution in [0.3, 0.4) is 0 Å². The largest absolute Gasteiger partial charge is 0.292 e. The Morgan fingerprint density at radius 1 is 0.941 bits per heavy atom. The fourth-order valence-corrected chi connectivity index (χ4v) is 3.53. The zero-order valence-corrected chi connectivity index (χ0v) is 10.3. The van der Waals surface area contributed by atoms with Crippen molar-refractivity contribution in [3.8, 4) is 0 Å². The molecule has 0 N–H and O–H groups in total. The van der Waals surface area contributed by atoms with E-state index in [0.29, 0.717) is 0 Å². The lowest BCUT2D eigenvalue weighted by Gasteiger charge is -2.21. The van der Waals surface area contributed by atoms with E-state index in [1.165, 1.54) is 0 Å². The number of carbonyl (C=O) groups excluding carboxylic acids is 1. The number of thioether (sulfide) groups is 1. The summed E-state index contributed by atoms with van der Waals surface area (Å²) in [6, 6.07) is 17.8. The quantitative estimate of drug-likeness (QED) is 0.752. The van der Waals surface area contributed by atoms with Crippen LogP contribution in [0, 0.1) is 0 Å². The Kier molecular flexibility index (Phi) is 2.33. The number of ketones is 1. The summed E-state index contributed by atoms with van der Waals surface area (Å²) in [6.07, 6.45) is 0. The Morgan fingerprint density at radius 3 is 2.29 bits per heavy atom. The van der Waals surface area contributed by atoms with Crippen molar-refractivity contribution in [1.82, 2.24) is 0 Å². The Labute approximate surface area is 105 Å². The van der Waals surface area contributed by atoms with Gasteiger partial charge in [0.2, 0.25) is 0 Å². The SMILES string of the molecule is CC1(c2ccccc2)Sc2ccccc2C1=O. The second kappa shape index (κ2) is 3.74. The number of hydrogen-bond acceptors (Lipinski definition) is 2. The van der Waals surface area contributed by atoms with Crippen molar-refractivity contribution in [2.24, 2.45) is 0 Å². The van der Waals surface area contributed by atoms with E-state index in [1.807, 2.05) is 61.5 Å². The van der Waals surface area contributed by atoms with E-state index < -0.39 is 4.75 Å². The lowest BCUT2D eigenvalue weighted by atomic mass is 9.92. The van der Waals surface area contributed by atoms with Gasteiger partial charge < -0.3 is 0 Å². The van der Waals surface area contributed by atoms with Crippen molar-refractivity contribution in [3.63, 3.8) is 0 Å². The molecule has 0 fully saturated rings. The number of fused-ring (bicyclic) bond motifs is 1. The van der Waals surface area contributed by atoms with E-state index in [4.69, 9.17) is 0 Å². The fourth-order valence-electron chi connectivity index (χ4n) is 2.21. The van der Waals surface area contributed by atoms with Gasteiger partial charge in [0, 0.05) is 10.5 Å². The molecule has 1 nitrogen and oxygen atoms in total. The molecule has 0 amide bonds. The molecular formula is C15H12OS. The number of carbonyl (C=O) groups is 1. The Morgan fingerprint density at radius 2 is 1.59 bits per heavy atom. The maximum atomic E-state index is 12.5. The first kappa shape index (κ1) is 10.6. The van der Waals surface area contributed by atoms with Crippen molar-refractivity contribution in [2.75, 3.05) is 0 Å². The average Bonchev–Trinajstić information content (AvgIpc) is 2.65. The molecule has 0 aromatic heterocycles. The van der Waals surface area contributed by atoms with Gasteiger partial charge in [-0.05, 0) is 18.6 Å². The highest BCUT2D eigenvalue weighted by molar-refractivity contribution is 8.01. The van der Waals surface area contributed by atoms with Gasteiger partial charge in [0.1, 0.15) is 4.75 Å². The van der Waals surface area contributed by atoms with Crippen molar-refractivity contribution >= 4 is 17.5 Å². The van der Waals surface area contributed by atoms with E-state index in [0.717, 1.165) is 16.0 Å². The third-order valence-electron chi connectivity index (χ3n) is 3.20. The molecule has 2 aromatic carbocycles. The van der Waals surface area contributed by atoms with Gasteiger partial charge in [-0.25, -0.2) is 0 Å². The van der Waals surface area contributed by atoms with Crippen LogP contribution in [-0.2, 0) is 4.75 Å². The Bertz CT molecular complexity index is 576. The minimum Gasteiger partial charge on any atom is -0.292 e. The molecule has 84 valence electrons. The predicted octanol–water partition coefficient (Wildman–Crippen LogP) is 3.89. The summed E-state index contributed by atoms with van der Waals surface area (Å²) >= 11 is 1.65. The molecule has 0 bridgehead atoms. The van der Waals surface area contributed by atoms with Gasteiger partial charge in [-0.15, -0.1) is 11.8 Å². The summed E-state index contributed by atoms with van der Waals surface area (Å²) in [4.78, 5) is 13.6. The van der Waals surface area contributed by atoms with Crippen LogP contribution in [0.4, 0.5) is 0 Å². The average molecular weight is 240 g/mol. The van der Waals surface area contributed by atoms with Gasteiger partial charge in [-0.3, -0.25) is 4.79 Å². The Hall–Kier alpha value is -1.54. The third-order valence-corrected chi connectivity index (χ3v) is 4.61. The molecule has 1 heterocycles. The first-order valence-electron chi connectivity index (χ1n) is 5.60. The fraction of sp³-hybridized carbons (Fsp3) is 0.133. The summed E-state index contributed by atoms with van der Waals surface area (Å²) in [7, 11) is 0. The van der Waals surface area contributed by atoms with Crippen LogP contribution in [0.15, 0.2) is 59.5 Å². The number of hydrogen-bond donors (Lipinski definition) is 0. The van der Waals surface area contributed by atoms with Gasteiger partial charge in [0.05, 0.1) is 0 Å². The first-order chi connectivity index (χ1) is 8.22. The smallest absolute Gasteiger partial charge is 0.184 e. The third kappa shape index (κ3) is 1.52. The molecule has 0 aliphatic carbocycles. The lowest BCUT2D eigenvalue weighted by molar-refractivity contribution is 0.0953. The monoisotopic (exact) mass is 240 g/mol. The van der Waals surface area contributed by atoms with Crippen LogP contribution < -0.4 is 0 Å². The van der Waals surface area contributed by atoms with Crippen LogP contribution in [0.5, 0.6) is 0 Å². The molecule has 0 saturated carbocycles. The molecule has 17 heavy (non-hydrogen) atoms. The van der Waals surface area contributed by atoms with E-state index in [2.05, 4.69) is 0 Å². The molecule has 1 atom stereocenters. The summed E-state index contributed by atoms with van der Waals surface area (Å²) in [5.41, 5.74) is 1.93. The number of Topliss-reactive ketones (excluding diaryl/α,β-unsaturated/α-hetero) is 1. The second-order valence-corrected chi connectivity index (χ2v) is 5.79. The highest BCUT2D eigenvalue weighted by Gasteiger charge is 2.43. The van der Waals surface area contributed by atoms with Crippen molar-refractivity contribution in [1.29, 1.82) is 0 Å². The van der Waals surface area contributed by atoms with Gasteiger partial charge in [0.15, 0.2) is 5.78 Å². The van der Waals surface area contributed by atoms with Gasteiger partial charge in [-0.1, -0.05) is 48.5 Å². The summed E-state index contributed by atoms with van der Waals surface area (Å²) in [5.74, 6) is 0.212. The zero-order chi connectivity index (χ0) is 11.9. The van der Waals surface area contributed by atoms with E-state index >= 15 is 0 Å². The van der Waals surface area contributed by atoms with E-state index in [-0.39, 0.29) is 5.78 Å². The van der Waals surface area contributed by atoms with Crippen molar-refractivity contribution in [2.45, 2.75) is 16.6 Å². The molecule has 0 saturated heterocycles. The molecule has 1 aliphatic heterocycles. The van der Waals surface area contributed by atoms with Crippen LogP contribution in [0.25, 0.3) is 0 Å². The number of benzene rings is 2. The molecule has 3 rings (SSSR count). The predicted molar refractivity (Wildman–Crippen MR) is 70.4 cm³/mol. The first-order valence-corrected chi connectivity index (χ1v) is 6.42. The molecule has 1 unspecified atom stereocenters. The normalized spacial score (nSPS) is 22.5. The van der Waals surface area contributed by atoms with E-state index in [9.17, 15) is 4.79 Å². The standard InChI is InChI=1S/C15H12OS/c1-15(11-7-3-2-4-8-11)14(16)12-9-5-6-10-13(12)17-15/h2-10H,1H3. The molecule has 1 aliphatic rings. The van der Waals surface area contributed by atoms with Crippen LogP contribution >= 0.6 is 11.8 Å². The zero-order valence-electron chi connectivity index (χ0n) is 9.51. The van der Waals surface area contributed by atoms with Crippen LogP contribution in [-0.4, -0.2) is 5.78 Å². The topological polar surface area (TPSA) is 17.1 Å². The molecule has 0 spiro atoms.